The standard InChI is InChI=1S/C11H14N2O2S2/c1-7-8(2)15-11(12-7)6-17(14)5-10-4-16-9(3)13-10/h4H,5-6H2,1-3H3/t17-/m1/s1. The lowest BCUT2D eigenvalue weighted by molar-refractivity contribution is 0.487. The largest absolute Gasteiger partial charge is 0.445 e. The van der Waals surface area contributed by atoms with Crippen LogP contribution in [0, 0.1) is 20.8 Å². The molecule has 0 bridgehead atoms. The fourth-order valence-corrected chi connectivity index (χ4v) is 3.13. The highest BCUT2D eigenvalue weighted by atomic mass is 32.2. The highest BCUT2D eigenvalue weighted by molar-refractivity contribution is 7.83. The van der Waals surface area contributed by atoms with Crippen molar-refractivity contribution >= 4 is 22.1 Å². The van der Waals surface area contributed by atoms with Gasteiger partial charge in [0.05, 0.1) is 22.1 Å². The van der Waals surface area contributed by atoms with Crippen molar-refractivity contribution < 1.29 is 8.63 Å². The average molecular weight is 270 g/mol. The maximum atomic E-state index is 11.9. The molecule has 0 saturated heterocycles. The third kappa shape index (κ3) is 3.23. The summed E-state index contributed by atoms with van der Waals surface area (Å²) in [5.41, 5.74) is 1.74. The van der Waals surface area contributed by atoms with Gasteiger partial charge in [0.2, 0.25) is 5.89 Å². The van der Waals surface area contributed by atoms with Crippen molar-refractivity contribution in [3.8, 4) is 0 Å². The Balaban J connectivity index is 1.97. The van der Waals surface area contributed by atoms with Gasteiger partial charge in [0.25, 0.3) is 0 Å². The molecule has 0 aromatic carbocycles. The Bertz CT molecular complexity index is 526. The van der Waals surface area contributed by atoms with E-state index in [-0.39, 0.29) is 0 Å². The zero-order chi connectivity index (χ0) is 12.4. The summed E-state index contributed by atoms with van der Waals surface area (Å²) in [6.45, 7) is 5.69. The molecule has 0 unspecified atom stereocenters. The minimum Gasteiger partial charge on any atom is -0.445 e. The molecule has 92 valence electrons. The van der Waals surface area contributed by atoms with E-state index in [9.17, 15) is 4.21 Å². The molecule has 4 nitrogen and oxygen atoms in total. The minimum absolute atomic E-state index is 0.352. The van der Waals surface area contributed by atoms with E-state index in [4.69, 9.17) is 4.42 Å². The van der Waals surface area contributed by atoms with E-state index >= 15 is 0 Å². The predicted octanol–water partition coefficient (Wildman–Crippen LogP) is 2.51. The van der Waals surface area contributed by atoms with Gasteiger partial charge in [-0.3, -0.25) is 4.21 Å². The molecule has 0 aliphatic heterocycles. The van der Waals surface area contributed by atoms with Crippen molar-refractivity contribution in [3.05, 3.63) is 33.4 Å². The van der Waals surface area contributed by atoms with Crippen molar-refractivity contribution in [2.45, 2.75) is 32.3 Å². The Labute approximate surface area is 107 Å². The Morgan fingerprint density at radius 1 is 1.29 bits per heavy atom. The molecule has 0 radical (unpaired) electrons. The van der Waals surface area contributed by atoms with Gasteiger partial charge in [-0.2, -0.15) is 0 Å². The van der Waals surface area contributed by atoms with Crippen LogP contribution in [0.3, 0.4) is 0 Å². The Morgan fingerprint density at radius 3 is 2.59 bits per heavy atom. The molecule has 0 N–H and O–H groups in total. The maximum absolute atomic E-state index is 11.9. The number of rotatable bonds is 4. The Morgan fingerprint density at radius 2 is 2.06 bits per heavy atom. The number of hydrogen-bond acceptors (Lipinski definition) is 5. The van der Waals surface area contributed by atoms with Crippen molar-refractivity contribution in [2.24, 2.45) is 0 Å². The highest BCUT2D eigenvalue weighted by Gasteiger charge is 2.11. The summed E-state index contributed by atoms with van der Waals surface area (Å²) in [5.74, 6) is 2.16. The molecule has 2 aromatic rings. The van der Waals surface area contributed by atoms with Gasteiger partial charge in [0.15, 0.2) is 0 Å². The van der Waals surface area contributed by atoms with Crippen LogP contribution in [0.25, 0.3) is 0 Å². The van der Waals surface area contributed by atoms with Crippen LogP contribution < -0.4 is 0 Å². The van der Waals surface area contributed by atoms with Gasteiger partial charge >= 0.3 is 0 Å². The van der Waals surface area contributed by atoms with E-state index in [1.165, 1.54) is 0 Å². The normalized spacial score (nSPS) is 12.9. The highest BCUT2D eigenvalue weighted by Crippen LogP contribution is 2.14. The van der Waals surface area contributed by atoms with E-state index in [0.29, 0.717) is 17.4 Å². The van der Waals surface area contributed by atoms with Crippen molar-refractivity contribution in [3.63, 3.8) is 0 Å². The smallest absolute Gasteiger partial charge is 0.207 e. The second-order valence-electron chi connectivity index (χ2n) is 3.84. The van der Waals surface area contributed by atoms with Gasteiger partial charge < -0.3 is 4.42 Å². The summed E-state index contributed by atoms with van der Waals surface area (Å²) < 4.78 is 17.3. The van der Waals surface area contributed by atoms with Crippen LogP contribution in [-0.2, 0) is 22.3 Å². The van der Waals surface area contributed by atoms with E-state index in [2.05, 4.69) is 9.97 Å². The second-order valence-corrected chi connectivity index (χ2v) is 6.35. The Hall–Kier alpha value is -1.01. The summed E-state index contributed by atoms with van der Waals surface area (Å²) in [7, 11) is -1.02. The molecule has 0 aliphatic carbocycles. The van der Waals surface area contributed by atoms with Gasteiger partial charge in [-0.1, -0.05) is 0 Å². The quantitative estimate of drug-likeness (QED) is 0.856. The fraction of sp³-hybridized carbons (Fsp3) is 0.455. The fourth-order valence-electron chi connectivity index (χ4n) is 1.43. The molecule has 2 rings (SSSR count). The molecule has 6 heteroatoms. The van der Waals surface area contributed by atoms with E-state index in [0.717, 1.165) is 22.2 Å². The summed E-state index contributed by atoms with van der Waals surface area (Å²) in [4.78, 5) is 8.51. The Kier molecular flexibility index (Phi) is 3.73. The summed E-state index contributed by atoms with van der Waals surface area (Å²) in [6, 6.07) is 0. The summed E-state index contributed by atoms with van der Waals surface area (Å²) in [5, 5.41) is 2.94. The van der Waals surface area contributed by atoms with Gasteiger partial charge in [-0.05, 0) is 20.8 Å². The lowest BCUT2D eigenvalue weighted by Gasteiger charge is -1.96. The van der Waals surface area contributed by atoms with Crippen LogP contribution in [0.4, 0.5) is 0 Å². The van der Waals surface area contributed by atoms with Crippen LogP contribution in [-0.4, -0.2) is 14.2 Å². The van der Waals surface area contributed by atoms with Crippen molar-refractivity contribution in [1.82, 2.24) is 9.97 Å². The predicted molar refractivity (Wildman–Crippen MR) is 68.4 cm³/mol. The average Bonchev–Trinajstić information content (AvgIpc) is 2.75. The van der Waals surface area contributed by atoms with Gasteiger partial charge in [0, 0.05) is 16.2 Å². The first kappa shape index (κ1) is 12.4. The number of hydrogen-bond donors (Lipinski definition) is 0. The molecule has 0 amide bonds. The zero-order valence-electron chi connectivity index (χ0n) is 10.0. The van der Waals surface area contributed by atoms with E-state index in [1.54, 1.807) is 11.3 Å². The van der Waals surface area contributed by atoms with Crippen molar-refractivity contribution in [1.29, 1.82) is 0 Å². The number of nitrogens with zero attached hydrogens (tertiary/aromatic N) is 2. The van der Waals surface area contributed by atoms with E-state index < -0.39 is 10.8 Å². The molecule has 2 heterocycles. The van der Waals surface area contributed by atoms with Gasteiger partial charge in [-0.25, -0.2) is 9.97 Å². The van der Waals surface area contributed by atoms with Crippen LogP contribution in [0.15, 0.2) is 9.80 Å². The second kappa shape index (κ2) is 5.10. The summed E-state index contributed by atoms with van der Waals surface area (Å²) >= 11 is 1.57. The van der Waals surface area contributed by atoms with Crippen LogP contribution in [0.1, 0.15) is 28.0 Å². The zero-order valence-corrected chi connectivity index (χ0v) is 11.7. The van der Waals surface area contributed by atoms with Gasteiger partial charge in [0.1, 0.15) is 11.5 Å². The number of aryl methyl sites for hydroxylation is 3. The molecule has 0 fully saturated rings. The van der Waals surface area contributed by atoms with Crippen LogP contribution in [0.5, 0.6) is 0 Å². The number of aromatic nitrogens is 2. The first-order chi connectivity index (χ1) is 8.04. The molecule has 0 saturated carbocycles. The number of thiazole rings is 1. The first-order valence-corrected chi connectivity index (χ1v) is 7.60. The molecule has 1 atom stereocenters. The van der Waals surface area contributed by atoms with Crippen LogP contribution >= 0.6 is 11.3 Å². The third-order valence-electron chi connectivity index (χ3n) is 2.33. The molecule has 0 aliphatic rings. The molecule has 17 heavy (non-hydrogen) atoms. The van der Waals surface area contributed by atoms with Crippen molar-refractivity contribution in [2.75, 3.05) is 0 Å². The molecular formula is C11H14N2O2S2. The monoisotopic (exact) mass is 270 g/mol. The summed E-state index contributed by atoms with van der Waals surface area (Å²) in [6.07, 6.45) is 0. The van der Waals surface area contributed by atoms with Gasteiger partial charge in [-0.15, -0.1) is 11.3 Å². The molecule has 2 aromatic heterocycles. The lowest BCUT2D eigenvalue weighted by atomic mass is 10.4. The van der Waals surface area contributed by atoms with E-state index in [1.807, 2.05) is 26.2 Å². The molecular weight excluding hydrogens is 256 g/mol. The SMILES string of the molecule is Cc1nc(C[S@@](=O)Cc2nc(C)c(C)o2)cs1. The maximum Gasteiger partial charge on any atom is 0.207 e. The topological polar surface area (TPSA) is 56.0 Å². The van der Waals surface area contributed by atoms with Crippen LogP contribution in [0.2, 0.25) is 0 Å². The third-order valence-corrected chi connectivity index (χ3v) is 4.34. The minimum atomic E-state index is -1.02. The first-order valence-electron chi connectivity index (χ1n) is 5.23. The lowest BCUT2D eigenvalue weighted by Crippen LogP contribution is -2.00. The molecule has 0 spiro atoms. The number of oxazole rings is 1.